The number of aromatic nitrogens is 3. The molecule has 94 valence electrons. The predicted molar refractivity (Wildman–Crippen MR) is 68.2 cm³/mol. The van der Waals surface area contributed by atoms with Gasteiger partial charge in [0.05, 0.1) is 17.9 Å². The van der Waals surface area contributed by atoms with Gasteiger partial charge in [-0.2, -0.15) is 5.10 Å². The van der Waals surface area contributed by atoms with Crippen LogP contribution in [-0.4, -0.2) is 33.8 Å². The summed E-state index contributed by atoms with van der Waals surface area (Å²) in [6, 6.07) is 0. The highest BCUT2D eigenvalue weighted by molar-refractivity contribution is 5.62. The van der Waals surface area contributed by atoms with Gasteiger partial charge >= 0.3 is 0 Å². The number of anilines is 1. The maximum atomic E-state index is 5.90. The van der Waals surface area contributed by atoms with E-state index in [2.05, 4.69) is 17.0 Å². The van der Waals surface area contributed by atoms with Crippen molar-refractivity contribution in [1.29, 1.82) is 0 Å². The molecule has 0 amide bonds. The van der Waals surface area contributed by atoms with Crippen LogP contribution in [0, 0.1) is 6.92 Å². The lowest BCUT2D eigenvalue weighted by Crippen LogP contribution is -2.58. The van der Waals surface area contributed by atoms with Crippen LogP contribution in [0.15, 0.2) is 12.4 Å². The fourth-order valence-electron chi connectivity index (χ4n) is 2.94. The molecule has 5 nitrogen and oxygen atoms in total. The van der Waals surface area contributed by atoms with E-state index in [1.807, 2.05) is 19.3 Å². The monoisotopic (exact) mass is 244 g/mol. The van der Waals surface area contributed by atoms with Gasteiger partial charge in [-0.25, -0.2) is 9.50 Å². The Labute approximate surface area is 105 Å². The second-order valence-electron chi connectivity index (χ2n) is 5.45. The van der Waals surface area contributed by atoms with Crippen molar-refractivity contribution in [2.24, 2.45) is 0 Å². The molecule has 0 unspecified atom stereocenters. The van der Waals surface area contributed by atoms with Gasteiger partial charge in [-0.1, -0.05) is 0 Å². The van der Waals surface area contributed by atoms with Gasteiger partial charge in [0.2, 0.25) is 0 Å². The SMILES string of the molecule is Cc1cnn2cc3c(nc12)N(C)C1(CCC1)CO3. The maximum absolute atomic E-state index is 5.90. The summed E-state index contributed by atoms with van der Waals surface area (Å²) in [6.45, 7) is 2.80. The van der Waals surface area contributed by atoms with Gasteiger partial charge in [0.15, 0.2) is 17.2 Å². The van der Waals surface area contributed by atoms with E-state index in [-0.39, 0.29) is 5.54 Å². The molecule has 1 fully saturated rings. The molecule has 1 aliphatic carbocycles. The van der Waals surface area contributed by atoms with E-state index in [0.29, 0.717) is 0 Å². The molecular weight excluding hydrogens is 228 g/mol. The summed E-state index contributed by atoms with van der Waals surface area (Å²) in [7, 11) is 2.13. The highest BCUT2D eigenvalue weighted by atomic mass is 16.5. The van der Waals surface area contributed by atoms with Crippen molar-refractivity contribution < 1.29 is 4.74 Å². The third kappa shape index (κ3) is 1.11. The van der Waals surface area contributed by atoms with E-state index < -0.39 is 0 Å². The van der Waals surface area contributed by atoms with Crippen LogP contribution in [0.25, 0.3) is 5.65 Å². The van der Waals surface area contributed by atoms with Crippen LogP contribution in [0.3, 0.4) is 0 Å². The first kappa shape index (κ1) is 10.2. The molecule has 2 aromatic heterocycles. The number of fused-ring (bicyclic) bond motifs is 2. The van der Waals surface area contributed by atoms with Gasteiger partial charge in [0.1, 0.15) is 6.61 Å². The quantitative estimate of drug-likeness (QED) is 0.708. The first-order valence-electron chi connectivity index (χ1n) is 6.41. The summed E-state index contributed by atoms with van der Waals surface area (Å²) in [4.78, 5) is 7.04. The van der Waals surface area contributed by atoms with Crippen LogP contribution in [0.4, 0.5) is 5.82 Å². The van der Waals surface area contributed by atoms with E-state index >= 15 is 0 Å². The van der Waals surface area contributed by atoms with Gasteiger partial charge in [0, 0.05) is 12.6 Å². The Morgan fingerprint density at radius 1 is 1.39 bits per heavy atom. The van der Waals surface area contributed by atoms with Gasteiger partial charge in [0.25, 0.3) is 0 Å². The number of hydrogen-bond donors (Lipinski definition) is 0. The molecule has 1 spiro atoms. The fraction of sp³-hybridized carbons (Fsp3) is 0.538. The van der Waals surface area contributed by atoms with Gasteiger partial charge < -0.3 is 9.64 Å². The number of hydrogen-bond acceptors (Lipinski definition) is 4. The molecule has 1 aliphatic heterocycles. The zero-order chi connectivity index (χ0) is 12.3. The van der Waals surface area contributed by atoms with Crippen molar-refractivity contribution in [3.05, 3.63) is 18.0 Å². The standard InChI is InChI=1S/C13H16N4O/c1-9-6-14-17-7-10-12(15-11(9)17)16(2)13(8-18-10)4-3-5-13/h6-7H,3-5,8H2,1-2H3. The summed E-state index contributed by atoms with van der Waals surface area (Å²) in [5, 5.41) is 4.28. The lowest BCUT2D eigenvalue weighted by Gasteiger charge is -2.51. The molecule has 0 bridgehead atoms. The topological polar surface area (TPSA) is 42.7 Å². The molecular formula is C13H16N4O. The van der Waals surface area contributed by atoms with Crippen molar-refractivity contribution in [2.45, 2.75) is 31.7 Å². The Balaban J connectivity index is 1.90. The zero-order valence-electron chi connectivity index (χ0n) is 10.7. The minimum atomic E-state index is 0.187. The van der Waals surface area contributed by atoms with Crippen molar-refractivity contribution >= 4 is 11.5 Å². The van der Waals surface area contributed by atoms with Crippen molar-refractivity contribution in [2.75, 3.05) is 18.6 Å². The number of nitrogens with zero attached hydrogens (tertiary/aromatic N) is 4. The van der Waals surface area contributed by atoms with E-state index in [9.17, 15) is 0 Å². The molecule has 1 saturated carbocycles. The van der Waals surface area contributed by atoms with Crippen LogP contribution in [0.5, 0.6) is 5.75 Å². The van der Waals surface area contributed by atoms with Crippen LogP contribution in [0.2, 0.25) is 0 Å². The summed E-state index contributed by atoms with van der Waals surface area (Å²) in [5.41, 5.74) is 2.20. The van der Waals surface area contributed by atoms with Gasteiger partial charge in [-0.15, -0.1) is 0 Å². The third-order valence-electron chi connectivity index (χ3n) is 4.43. The van der Waals surface area contributed by atoms with Gasteiger partial charge in [-0.3, -0.25) is 0 Å². The molecule has 0 N–H and O–H groups in total. The Hall–Kier alpha value is -1.78. The third-order valence-corrected chi connectivity index (χ3v) is 4.43. The van der Waals surface area contributed by atoms with Crippen molar-refractivity contribution in [3.63, 3.8) is 0 Å². The average Bonchev–Trinajstić information content (AvgIpc) is 2.68. The summed E-state index contributed by atoms with van der Waals surface area (Å²) in [6.07, 6.45) is 7.47. The Bertz CT molecular complexity index is 629. The maximum Gasteiger partial charge on any atom is 0.180 e. The molecule has 0 saturated heterocycles. The van der Waals surface area contributed by atoms with Crippen LogP contribution >= 0.6 is 0 Å². The molecule has 0 atom stereocenters. The van der Waals surface area contributed by atoms with E-state index in [4.69, 9.17) is 9.72 Å². The first-order chi connectivity index (χ1) is 8.70. The van der Waals surface area contributed by atoms with Crippen LogP contribution < -0.4 is 9.64 Å². The van der Waals surface area contributed by atoms with Crippen molar-refractivity contribution in [1.82, 2.24) is 14.6 Å². The van der Waals surface area contributed by atoms with E-state index in [1.165, 1.54) is 19.3 Å². The number of aryl methyl sites for hydroxylation is 1. The minimum Gasteiger partial charge on any atom is -0.486 e. The molecule has 0 aromatic carbocycles. The Morgan fingerprint density at radius 3 is 2.94 bits per heavy atom. The Kier molecular flexibility index (Phi) is 1.78. The average molecular weight is 244 g/mol. The summed E-state index contributed by atoms with van der Waals surface area (Å²) < 4.78 is 7.70. The molecule has 5 heteroatoms. The minimum absolute atomic E-state index is 0.187. The number of ether oxygens (including phenoxy) is 1. The second kappa shape index (κ2) is 3.16. The fourth-order valence-corrected chi connectivity index (χ4v) is 2.94. The summed E-state index contributed by atoms with van der Waals surface area (Å²) >= 11 is 0. The lowest BCUT2D eigenvalue weighted by atomic mass is 9.75. The van der Waals surface area contributed by atoms with E-state index in [1.54, 1.807) is 4.52 Å². The molecule has 18 heavy (non-hydrogen) atoms. The normalized spacial score (nSPS) is 20.7. The Morgan fingerprint density at radius 2 is 2.22 bits per heavy atom. The van der Waals surface area contributed by atoms with Crippen molar-refractivity contribution in [3.8, 4) is 5.75 Å². The van der Waals surface area contributed by atoms with Gasteiger partial charge in [-0.05, 0) is 26.2 Å². The smallest absolute Gasteiger partial charge is 0.180 e. The molecule has 2 aromatic rings. The first-order valence-corrected chi connectivity index (χ1v) is 6.41. The van der Waals surface area contributed by atoms with Crippen LogP contribution in [0.1, 0.15) is 24.8 Å². The highest BCUT2D eigenvalue weighted by Crippen LogP contribution is 2.45. The predicted octanol–water partition coefficient (Wildman–Crippen LogP) is 1.79. The zero-order valence-corrected chi connectivity index (χ0v) is 10.7. The van der Waals surface area contributed by atoms with Crippen LogP contribution in [-0.2, 0) is 0 Å². The molecule has 4 rings (SSSR count). The highest BCUT2D eigenvalue weighted by Gasteiger charge is 2.46. The second-order valence-corrected chi connectivity index (χ2v) is 5.45. The number of rotatable bonds is 0. The largest absolute Gasteiger partial charge is 0.486 e. The molecule has 0 radical (unpaired) electrons. The molecule has 3 heterocycles. The molecule has 2 aliphatic rings. The number of likely N-dealkylation sites (N-methyl/N-ethyl adjacent to an activating group) is 1. The lowest BCUT2D eigenvalue weighted by molar-refractivity contribution is 0.118. The van der Waals surface area contributed by atoms with E-state index in [0.717, 1.165) is 29.4 Å². The summed E-state index contributed by atoms with van der Waals surface area (Å²) in [5.74, 6) is 1.79.